The number of rotatable bonds is 5. The molecule has 0 amide bonds. The van der Waals surface area contributed by atoms with Crippen molar-refractivity contribution in [1.82, 2.24) is 0 Å². The normalized spacial score (nSPS) is 15.0. The number of aliphatic imine (C=N–C) groups is 1. The molecule has 0 atom stereocenters. The fourth-order valence-electron chi connectivity index (χ4n) is 2.18. The van der Waals surface area contributed by atoms with Crippen molar-refractivity contribution in [2.45, 2.75) is 13.3 Å². The number of halogens is 1. The summed E-state index contributed by atoms with van der Waals surface area (Å²) < 4.78 is 20.6. The number of methoxy groups -OCH3 is 1. The lowest BCUT2D eigenvalue weighted by Gasteiger charge is -2.11. The van der Waals surface area contributed by atoms with E-state index >= 15 is 0 Å². The first-order valence-corrected chi connectivity index (χ1v) is 8.04. The highest BCUT2D eigenvalue weighted by atomic mass is 35.5. The molecule has 0 unspecified atom stereocenters. The standard InChI is InChI=1S/C18H14ClNO6/c1-3-15(21)25-16-11(19)7-10(9-14(16)23-2)8-12-18(22)26-17(20-12)13-5-4-6-24-13/h4-9H,3H2,1-2H3/b12-8-. The van der Waals surface area contributed by atoms with Gasteiger partial charge < -0.3 is 18.6 Å². The Morgan fingerprint density at radius 2 is 2.19 bits per heavy atom. The van der Waals surface area contributed by atoms with E-state index in [0.717, 1.165) is 0 Å². The van der Waals surface area contributed by atoms with Crippen LogP contribution in [0.2, 0.25) is 5.02 Å². The highest BCUT2D eigenvalue weighted by Gasteiger charge is 2.26. The summed E-state index contributed by atoms with van der Waals surface area (Å²) in [5.41, 5.74) is 0.604. The van der Waals surface area contributed by atoms with Crippen molar-refractivity contribution in [2.24, 2.45) is 4.99 Å². The van der Waals surface area contributed by atoms with Crippen LogP contribution in [0.1, 0.15) is 24.7 Å². The van der Waals surface area contributed by atoms with Gasteiger partial charge in [-0.05, 0) is 35.9 Å². The Morgan fingerprint density at radius 1 is 1.38 bits per heavy atom. The third-order valence-corrected chi connectivity index (χ3v) is 3.69. The number of cyclic esters (lactones) is 1. The second-order valence-corrected chi connectivity index (χ2v) is 5.58. The van der Waals surface area contributed by atoms with Crippen LogP contribution in [0, 0.1) is 0 Å². The van der Waals surface area contributed by atoms with Crippen molar-refractivity contribution < 1.29 is 28.2 Å². The zero-order chi connectivity index (χ0) is 18.7. The Balaban J connectivity index is 1.94. The van der Waals surface area contributed by atoms with E-state index in [0.29, 0.717) is 11.3 Å². The number of carbonyl (C=O) groups is 2. The van der Waals surface area contributed by atoms with Gasteiger partial charge in [0.1, 0.15) is 0 Å². The Kier molecular flexibility index (Phi) is 5.09. The summed E-state index contributed by atoms with van der Waals surface area (Å²) in [7, 11) is 1.42. The maximum atomic E-state index is 12.0. The molecule has 26 heavy (non-hydrogen) atoms. The van der Waals surface area contributed by atoms with E-state index in [-0.39, 0.29) is 34.5 Å². The first kappa shape index (κ1) is 17.8. The van der Waals surface area contributed by atoms with E-state index in [9.17, 15) is 9.59 Å². The minimum atomic E-state index is -0.618. The van der Waals surface area contributed by atoms with Gasteiger partial charge in [-0.25, -0.2) is 9.79 Å². The van der Waals surface area contributed by atoms with Crippen molar-refractivity contribution in [2.75, 3.05) is 7.11 Å². The molecule has 0 saturated heterocycles. The van der Waals surface area contributed by atoms with Crippen molar-refractivity contribution in [3.05, 3.63) is 52.6 Å². The van der Waals surface area contributed by atoms with Crippen molar-refractivity contribution in [1.29, 1.82) is 0 Å². The van der Waals surface area contributed by atoms with Gasteiger partial charge in [0.15, 0.2) is 23.0 Å². The fourth-order valence-corrected chi connectivity index (χ4v) is 2.44. The molecule has 0 radical (unpaired) electrons. The maximum Gasteiger partial charge on any atom is 0.363 e. The Morgan fingerprint density at radius 3 is 2.85 bits per heavy atom. The van der Waals surface area contributed by atoms with Crippen LogP contribution in [0.25, 0.3) is 6.08 Å². The smallest absolute Gasteiger partial charge is 0.363 e. The zero-order valence-corrected chi connectivity index (χ0v) is 14.7. The van der Waals surface area contributed by atoms with Gasteiger partial charge in [0.2, 0.25) is 0 Å². The van der Waals surface area contributed by atoms with Crippen LogP contribution in [0.3, 0.4) is 0 Å². The minimum absolute atomic E-state index is 0.0767. The van der Waals surface area contributed by atoms with Crippen LogP contribution >= 0.6 is 11.6 Å². The van der Waals surface area contributed by atoms with Crippen molar-refractivity contribution >= 4 is 35.5 Å². The van der Waals surface area contributed by atoms with Crippen LogP contribution in [-0.4, -0.2) is 24.9 Å². The number of carbonyl (C=O) groups excluding carboxylic acids is 2. The molecule has 1 aromatic heterocycles. The SMILES string of the molecule is CCC(=O)Oc1c(Cl)cc(/C=C2\N=C(c3ccco3)OC2=O)cc1OC. The van der Waals surface area contributed by atoms with Gasteiger partial charge in [-0.1, -0.05) is 18.5 Å². The molecule has 1 aromatic carbocycles. The molecule has 3 rings (SSSR count). The number of hydrogen-bond donors (Lipinski definition) is 0. The molecule has 1 aliphatic rings. The Hall–Kier alpha value is -3.06. The summed E-state index contributed by atoms with van der Waals surface area (Å²) in [6, 6.07) is 6.40. The van der Waals surface area contributed by atoms with Gasteiger partial charge in [0.25, 0.3) is 5.90 Å². The van der Waals surface area contributed by atoms with Gasteiger partial charge >= 0.3 is 11.9 Å². The van der Waals surface area contributed by atoms with Crippen LogP contribution in [0.5, 0.6) is 11.5 Å². The molecule has 7 nitrogen and oxygen atoms in total. The molecule has 0 spiro atoms. The summed E-state index contributed by atoms with van der Waals surface area (Å²) in [5, 5.41) is 0.166. The molecule has 134 valence electrons. The summed E-state index contributed by atoms with van der Waals surface area (Å²) in [5.74, 6) is -0.252. The van der Waals surface area contributed by atoms with E-state index in [1.165, 1.54) is 25.5 Å². The number of benzene rings is 1. The molecule has 0 N–H and O–H groups in total. The predicted octanol–water partition coefficient (Wildman–Crippen LogP) is 3.60. The third-order valence-electron chi connectivity index (χ3n) is 3.41. The maximum absolute atomic E-state index is 12.0. The first-order chi connectivity index (χ1) is 12.5. The van der Waals surface area contributed by atoms with Crippen molar-refractivity contribution in [3.8, 4) is 11.5 Å². The second-order valence-electron chi connectivity index (χ2n) is 5.18. The van der Waals surface area contributed by atoms with Gasteiger partial charge in [-0.15, -0.1) is 0 Å². The largest absolute Gasteiger partial charge is 0.493 e. The van der Waals surface area contributed by atoms with Crippen LogP contribution in [0.4, 0.5) is 0 Å². The summed E-state index contributed by atoms with van der Waals surface area (Å²) in [6.07, 6.45) is 3.13. The Bertz CT molecular complexity index is 914. The molecule has 2 heterocycles. The zero-order valence-electron chi connectivity index (χ0n) is 13.9. The van der Waals surface area contributed by atoms with E-state index in [4.69, 9.17) is 30.2 Å². The number of hydrogen-bond acceptors (Lipinski definition) is 7. The second kappa shape index (κ2) is 7.45. The number of furan rings is 1. The number of esters is 2. The van der Waals surface area contributed by atoms with Crippen LogP contribution in [-0.2, 0) is 14.3 Å². The highest BCUT2D eigenvalue weighted by Crippen LogP contribution is 2.37. The number of nitrogens with zero attached hydrogens (tertiary/aromatic N) is 1. The average molecular weight is 376 g/mol. The molecule has 0 aliphatic carbocycles. The molecular weight excluding hydrogens is 362 g/mol. The fraction of sp³-hybridized carbons (Fsp3) is 0.167. The highest BCUT2D eigenvalue weighted by molar-refractivity contribution is 6.32. The monoisotopic (exact) mass is 375 g/mol. The summed E-state index contributed by atoms with van der Waals surface area (Å²) in [6.45, 7) is 1.67. The molecule has 0 saturated carbocycles. The third kappa shape index (κ3) is 3.62. The number of ether oxygens (including phenoxy) is 3. The lowest BCUT2D eigenvalue weighted by Crippen LogP contribution is -2.07. The molecule has 0 fully saturated rings. The van der Waals surface area contributed by atoms with E-state index in [2.05, 4.69) is 4.99 Å². The van der Waals surface area contributed by atoms with Crippen molar-refractivity contribution in [3.63, 3.8) is 0 Å². The predicted molar refractivity (Wildman–Crippen MR) is 93.2 cm³/mol. The lowest BCUT2D eigenvalue weighted by molar-refractivity contribution is -0.134. The van der Waals surface area contributed by atoms with Gasteiger partial charge in [0.05, 0.1) is 18.4 Å². The Labute approximate surface area is 153 Å². The lowest BCUT2D eigenvalue weighted by atomic mass is 10.1. The van der Waals surface area contributed by atoms with E-state index < -0.39 is 11.9 Å². The minimum Gasteiger partial charge on any atom is -0.493 e. The quantitative estimate of drug-likeness (QED) is 0.450. The summed E-state index contributed by atoms with van der Waals surface area (Å²) in [4.78, 5) is 27.6. The summed E-state index contributed by atoms with van der Waals surface area (Å²) >= 11 is 6.19. The van der Waals surface area contributed by atoms with Gasteiger partial charge in [-0.3, -0.25) is 4.79 Å². The van der Waals surface area contributed by atoms with Crippen LogP contribution < -0.4 is 9.47 Å². The molecular formula is C18H14ClNO6. The molecule has 1 aliphatic heterocycles. The topological polar surface area (TPSA) is 87.3 Å². The van der Waals surface area contributed by atoms with E-state index in [1.807, 2.05) is 0 Å². The van der Waals surface area contributed by atoms with Gasteiger partial charge in [0, 0.05) is 6.42 Å². The first-order valence-electron chi connectivity index (χ1n) is 7.66. The molecule has 8 heteroatoms. The van der Waals surface area contributed by atoms with Gasteiger partial charge in [-0.2, -0.15) is 0 Å². The van der Waals surface area contributed by atoms with Crippen LogP contribution in [0.15, 0.2) is 45.6 Å². The molecule has 2 aromatic rings. The average Bonchev–Trinajstić information content (AvgIpc) is 3.27. The molecule has 0 bridgehead atoms. The van der Waals surface area contributed by atoms with E-state index in [1.54, 1.807) is 25.1 Å².